The van der Waals surface area contributed by atoms with Crippen molar-refractivity contribution in [2.24, 2.45) is 5.92 Å². The summed E-state index contributed by atoms with van der Waals surface area (Å²) in [7, 11) is 0. The molecule has 0 radical (unpaired) electrons. The quantitative estimate of drug-likeness (QED) is 0.759. The van der Waals surface area contributed by atoms with Crippen molar-refractivity contribution in [1.29, 1.82) is 0 Å². The van der Waals surface area contributed by atoms with Crippen LogP contribution in [-0.2, 0) is 17.8 Å². The molecule has 1 saturated heterocycles. The third-order valence-electron chi connectivity index (χ3n) is 4.83. The highest BCUT2D eigenvalue weighted by Crippen LogP contribution is 2.30. The molecule has 0 aliphatic carbocycles. The van der Waals surface area contributed by atoms with Gasteiger partial charge >= 0.3 is 5.97 Å². The Morgan fingerprint density at radius 3 is 3.13 bits per heavy atom. The number of hydrogen-bond donors (Lipinski definition) is 3. The van der Waals surface area contributed by atoms with Gasteiger partial charge in [-0.1, -0.05) is 13.3 Å². The van der Waals surface area contributed by atoms with Crippen LogP contribution in [0.4, 0.5) is 0 Å². The maximum Gasteiger partial charge on any atom is 0.321 e. The molecule has 0 saturated carbocycles. The summed E-state index contributed by atoms with van der Waals surface area (Å²) in [6.07, 6.45) is 5.20. The van der Waals surface area contributed by atoms with Crippen molar-refractivity contribution in [2.45, 2.75) is 51.3 Å². The van der Waals surface area contributed by atoms with Crippen LogP contribution in [0.3, 0.4) is 0 Å². The first-order valence-electron chi connectivity index (χ1n) is 8.51. The maximum atomic E-state index is 11.5. The number of aromatic nitrogens is 1. The molecule has 3 heterocycles. The molecule has 6 nitrogen and oxygen atoms in total. The van der Waals surface area contributed by atoms with E-state index in [1.54, 1.807) is 6.20 Å². The highest BCUT2D eigenvalue weighted by Gasteiger charge is 2.38. The number of carbonyl (C=O) groups is 1. The van der Waals surface area contributed by atoms with Crippen LogP contribution in [0.25, 0.3) is 0 Å². The zero-order valence-corrected chi connectivity index (χ0v) is 13.5. The van der Waals surface area contributed by atoms with Gasteiger partial charge in [-0.25, -0.2) is 4.98 Å². The predicted molar refractivity (Wildman–Crippen MR) is 86.5 cm³/mol. The number of piperidine rings is 1. The Bertz CT molecular complexity index is 564. The smallest absolute Gasteiger partial charge is 0.321 e. The van der Waals surface area contributed by atoms with Crippen molar-refractivity contribution in [3.05, 3.63) is 23.4 Å². The lowest BCUT2D eigenvalue weighted by atomic mass is 9.84. The van der Waals surface area contributed by atoms with E-state index in [2.05, 4.69) is 22.5 Å². The fourth-order valence-electron chi connectivity index (χ4n) is 3.69. The summed E-state index contributed by atoms with van der Waals surface area (Å²) >= 11 is 0. The number of fused-ring (bicyclic) bond motifs is 1. The molecule has 0 amide bonds. The molecule has 3 atom stereocenters. The van der Waals surface area contributed by atoms with Crippen LogP contribution in [0.1, 0.15) is 37.3 Å². The summed E-state index contributed by atoms with van der Waals surface area (Å²) in [5, 5.41) is 15.9. The molecule has 1 aromatic heterocycles. The largest absolute Gasteiger partial charge is 0.480 e. The number of hydrogen-bond acceptors (Lipinski definition) is 5. The SMILES string of the molecule is CCCC1C(Oc2nccc3c2CCNC3)CCNC1C(=O)O. The zero-order valence-electron chi connectivity index (χ0n) is 13.5. The van der Waals surface area contributed by atoms with E-state index in [4.69, 9.17) is 4.74 Å². The van der Waals surface area contributed by atoms with Gasteiger partial charge < -0.3 is 20.5 Å². The minimum atomic E-state index is -0.788. The minimum Gasteiger partial charge on any atom is -0.480 e. The van der Waals surface area contributed by atoms with Gasteiger partial charge in [-0.15, -0.1) is 0 Å². The first kappa shape index (κ1) is 16.2. The van der Waals surface area contributed by atoms with Gasteiger partial charge in [0, 0.05) is 24.2 Å². The van der Waals surface area contributed by atoms with Crippen molar-refractivity contribution >= 4 is 5.97 Å². The zero-order chi connectivity index (χ0) is 16.2. The van der Waals surface area contributed by atoms with Crippen molar-refractivity contribution in [1.82, 2.24) is 15.6 Å². The average Bonchev–Trinajstić information content (AvgIpc) is 2.56. The van der Waals surface area contributed by atoms with Crippen LogP contribution in [-0.4, -0.2) is 41.3 Å². The number of nitrogens with zero attached hydrogens (tertiary/aromatic N) is 1. The molecule has 3 N–H and O–H groups in total. The monoisotopic (exact) mass is 319 g/mol. The highest BCUT2D eigenvalue weighted by molar-refractivity contribution is 5.74. The van der Waals surface area contributed by atoms with Gasteiger partial charge in [0.2, 0.25) is 5.88 Å². The van der Waals surface area contributed by atoms with Crippen LogP contribution in [0, 0.1) is 5.92 Å². The number of nitrogens with one attached hydrogen (secondary N) is 2. The first-order valence-corrected chi connectivity index (χ1v) is 8.51. The van der Waals surface area contributed by atoms with Crippen LogP contribution in [0.15, 0.2) is 12.3 Å². The summed E-state index contributed by atoms with van der Waals surface area (Å²) in [5.41, 5.74) is 2.41. The molecule has 1 aromatic rings. The lowest BCUT2D eigenvalue weighted by molar-refractivity contribution is -0.143. The molecule has 2 aliphatic heterocycles. The summed E-state index contributed by atoms with van der Waals surface area (Å²) in [6, 6.07) is 1.50. The third kappa shape index (κ3) is 3.48. The number of carboxylic acids is 1. The Labute approximate surface area is 136 Å². The minimum absolute atomic E-state index is 0.0226. The van der Waals surface area contributed by atoms with Crippen LogP contribution in [0.5, 0.6) is 5.88 Å². The van der Waals surface area contributed by atoms with E-state index in [1.807, 2.05) is 6.07 Å². The second kappa shape index (κ2) is 7.27. The van der Waals surface area contributed by atoms with Gasteiger partial charge in [0.15, 0.2) is 0 Å². The summed E-state index contributed by atoms with van der Waals surface area (Å²) in [4.78, 5) is 16.0. The summed E-state index contributed by atoms with van der Waals surface area (Å²) < 4.78 is 6.26. The van der Waals surface area contributed by atoms with Crippen LogP contribution < -0.4 is 15.4 Å². The Balaban J connectivity index is 1.81. The fraction of sp³-hybridized carbons (Fsp3) is 0.647. The number of pyridine rings is 1. The lowest BCUT2D eigenvalue weighted by Crippen LogP contribution is -2.54. The molecule has 0 aromatic carbocycles. The molecule has 0 bridgehead atoms. The topological polar surface area (TPSA) is 83.5 Å². The molecule has 2 aliphatic rings. The number of ether oxygens (including phenoxy) is 1. The molecule has 6 heteroatoms. The van der Waals surface area contributed by atoms with Crippen LogP contribution in [0.2, 0.25) is 0 Å². The second-order valence-corrected chi connectivity index (χ2v) is 6.35. The Morgan fingerprint density at radius 1 is 1.48 bits per heavy atom. The van der Waals surface area contributed by atoms with Crippen molar-refractivity contribution in [2.75, 3.05) is 13.1 Å². The van der Waals surface area contributed by atoms with Gasteiger partial charge in [0.05, 0.1) is 0 Å². The highest BCUT2D eigenvalue weighted by atomic mass is 16.5. The van der Waals surface area contributed by atoms with Gasteiger partial charge in [0.25, 0.3) is 0 Å². The van der Waals surface area contributed by atoms with Crippen molar-refractivity contribution < 1.29 is 14.6 Å². The Kier molecular flexibility index (Phi) is 5.13. The molecule has 1 fully saturated rings. The van der Waals surface area contributed by atoms with Gasteiger partial charge in [-0.05, 0) is 44.0 Å². The third-order valence-corrected chi connectivity index (χ3v) is 4.83. The molecule has 3 unspecified atom stereocenters. The van der Waals surface area contributed by atoms with E-state index in [9.17, 15) is 9.90 Å². The Morgan fingerprint density at radius 2 is 2.35 bits per heavy atom. The van der Waals surface area contributed by atoms with E-state index < -0.39 is 12.0 Å². The normalized spacial score (nSPS) is 27.3. The number of carboxylic acid groups (broad SMARTS) is 1. The van der Waals surface area contributed by atoms with E-state index in [-0.39, 0.29) is 12.0 Å². The summed E-state index contributed by atoms with van der Waals surface area (Å²) in [5.74, 6) is -0.115. The standard InChI is InChI=1S/C17H25N3O3/c1-2-3-13-14(6-9-19-15(13)17(21)22)23-16-12-5-7-18-10-11(12)4-8-20-16/h4,8,13-15,18-19H,2-3,5-7,9-10H2,1H3,(H,21,22). The van der Waals surface area contributed by atoms with E-state index in [0.717, 1.165) is 38.8 Å². The van der Waals surface area contributed by atoms with Crippen molar-refractivity contribution in [3.63, 3.8) is 0 Å². The molecule has 23 heavy (non-hydrogen) atoms. The maximum absolute atomic E-state index is 11.5. The number of rotatable bonds is 5. The predicted octanol–water partition coefficient (Wildman–Crippen LogP) is 1.34. The molecule has 126 valence electrons. The second-order valence-electron chi connectivity index (χ2n) is 6.35. The average molecular weight is 319 g/mol. The Hall–Kier alpha value is -1.66. The molecular formula is C17H25N3O3. The van der Waals surface area contributed by atoms with Gasteiger partial charge in [0.1, 0.15) is 12.1 Å². The first-order chi connectivity index (χ1) is 11.2. The molecular weight excluding hydrogens is 294 g/mol. The molecule has 0 spiro atoms. The fourth-order valence-corrected chi connectivity index (χ4v) is 3.69. The van der Waals surface area contributed by atoms with Crippen molar-refractivity contribution in [3.8, 4) is 5.88 Å². The summed E-state index contributed by atoms with van der Waals surface area (Å²) in [6.45, 7) is 4.52. The lowest BCUT2D eigenvalue weighted by Gasteiger charge is -2.37. The molecule has 3 rings (SSSR count). The van der Waals surface area contributed by atoms with E-state index in [0.29, 0.717) is 12.4 Å². The number of aliphatic carboxylic acids is 1. The van der Waals surface area contributed by atoms with Gasteiger partial charge in [-0.2, -0.15) is 0 Å². The van der Waals surface area contributed by atoms with Crippen LogP contribution >= 0.6 is 0 Å². The van der Waals surface area contributed by atoms with E-state index in [1.165, 1.54) is 11.1 Å². The van der Waals surface area contributed by atoms with Gasteiger partial charge in [-0.3, -0.25) is 4.79 Å². The van der Waals surface area contributed by atoms with E-state index >= 15 is 0 Å².